The predicted octanol–water partition coefficient (Wildman–Crippen LogP) is 2.81. The van der Waals surface area contributed by atoms with Gasteiger partial charge in [-0.05, 0) is 35.7 Å². The van der Waals surface area contributed by atoms with E-state index in [0.717, 1.165) is 6.42 Å². The average Bonchev–Trinajstić information content (AvgIpc) is 2.72. The second-order valence-electron chi connectivity index (χ2n) is 4.07. The SMILES string of the molecule is COC(C)C(N)Cc1csc2ccccc12. The van der Waals surface area contributed by atoms with Crippen LogP contribution in [0.1, 0.15) is 12.5 Å². The van der Waals surface area contributed by atoms with Gasteiger partial charge in [0.05, 0.1) is 6.10 Å². The molecule has 1 aromatic heterocycles. The zero-order valence-corrected chi connectivity index (χ0v) is 10.5. The molecule has 0 saturated carbocycles. The molecule has 0 saturated heterocycles. The van der Waals surface area contributed by atoms with Crippen LogP contribution < -0.4 is 5.73 Å². The maximum absolute atomic E-state index is 6.09. The van der Waals surface area contributed by atoms with E-state index in [2.05, 4.69) is 29.6 Å². The summed E-state index contributed by atoms with van der Waals surface area (Å²) in [6, 6.07) is 8.51. The minimum Gasteiger partial charge on any atom is -0.380 e. The van der Waals surface area contributed by atoms with Gasteiger partial charge in [-0.2, -0.15) is 0 Å². The van der Waals surface area contributed by atoms with Crippen LogP contribution in [-0.2, 0) is 11.2 Å². The zero-order chi connectivity index (χ0) is 11.5. The first-order valence-corrected chi connectivity index (χ1v) is 6.34. The third kappa shape index (κ3) is 2.26. The van der Waals surface area contributed by atoms with Crippen molar-refractivity contribution in [2.45, 2.75) is 25.5 Å². The monoisotopic (exact) mass is 235 g/mol. The Morgan fingerprint density at radius 3 is 2.88 bits per heavy atom. The molecule has 0 spiro atoms. The maximum atomic E-state index is 6.09. The van der Waals surface area contributed by atoms with Crippen molar-refractivity contribution < 1.29 is 4.74 Å². The van der Waals surface area contributed by atoms with E-state index in [9.17, 15) is 0 Å². The number of fused-ring (bicyclic) bond motifs is 1. The van der Waals surface area contributed by atoms with E-state index in [1.54, 1.807) is 18.4 Å². The van der Waals surface area contributed by atoms with Crippen molar-refractivity contribution in [3.63, 3.8) is 0 Å². The number of benzene rings is 1. The Morgan fingerprint density at radius 1 is 1.38 bits per heavy atom. The van der Waals surface area contributed by atoms with Crippen LogP contribution in [0.15, 0.2) is 29.6 Å². The molecule has 0 aliphatic heterocycles. The number of nitrogens with two attached hydrogens (primary N) is 1. The van der Waals surface area contributed by atoms with Crippen molar-refractivity contribution in [3.05, 3.63) is 35.2 Å². The van der Waals surface area contributed by atoms with E-state index in [4.69, 9.17) is 10.5 Å². The number of hydrogen-bond acceptors (Lipinski definition) is 3. The van der Waals surface area contributed by atoms with Crippen molar-refractivity contribution in [2.75, 3.05) is 7.11 Å². The van der Waals surface area contributed by atoms with E-state index in [0.29, 0.717) is 0 Å². The van der Waals surface area contributed by atoms with Gasteiger partial charge >= 0.3 is 0 Å². The first kappa shape index (κ1) is 11.6. The molecule has 2 nitrogen and oxygen atoms in total. The minimum atomic E-state index is 0.0583. The van der Waals surface area contributed by atoms with Crippen LogP contribution >= 0.6 is 11.3 Å². The second kappa shape index (κ2) is 4.95. The fourth-order valence-electron chi connectivity index (χ4n) is 1.79. The summed E-state index contributed by atoms with van der Waals surface area (Å²) < 4.78 is 6.58. The van der Waals surface area contributed by atoms with Crippen LogP contribution in [-0.4, -0.2) is 19.3 Å². The molecule has 0 radical (unpaired) electrons. The van der Waals surface area contributed by atoms with Crippen molar-refractivity contribution in [1.82, 2.24) is 0 Å². The number of thiophene rings is 1. The van der Waals surface area contributed by atoms with Gasteiger partial charge in [0.25, 0.3) is 0 Å². The van der Waals surface area contributed by atoms with Gasteiger partial charge in [-0.25, -0.2) is 0 Å². The molecular weight excluding hydrogens is 218 g/mol. The van der Waals surface area contributed by atoms with Crippen LogP contribution in [0.2, 0.25) is 0 Å². The summed E-state index contributed by atoms with van der Waals surface area (Å²) in [5.74, 6) is 0. The quantitative estimate of drug-likeness (QED) is 0.884. The predicted molar refractivity (Wildman–Crippen MR) is 70.0 cm³/mol. The van der Waals surface area contributed by atoms with Gasteiger partial charge < -0.3 is 10.5 Å². The Morgan fingerprint density at radius 2 is 2.12 bits per heavy atom. The summed E-state index contributed by atoms with van der Waals surface area (Å²) in [7, 11) is 1.70. The van der Waals surface area contributed by atoms with Crippen molar-refractivity contribution >= 4 is 21.4 Å². The topological polar surface area (TPSA) is 35.2 Å². The molecule has 1 aromatic carbocycles. The molecule has 2 N–H and O–H groups in total. The van der Waals surface area contributed by atoms with E-state index in [1.807, 2.05) is 6.92 Å². The molecule has 86 valence electrons. The molecule has 2 aromatic rings. The molecule has 16 heavy (non-hydrogen) atoms. The number of rotatable bonds is 4. The fraction of sp³-hybridized carbons (Fsp3) is 0.385. The Bertz CT molecular complexity index is 466. The lowest BCUT2D eigenvalue weighted by atomic mass is 10.0. The summed E-state index contributed by atoms with van der Waals surface area (Å²) >= 11 is 1.78. The van der Waals surface area contributed by atoms with Crippen LogP contribution in [0.4, 0.5) is 0 Å². The minimum absolute atomic E-state index is 0.0583. The first-order valence-electron chi connectivity index (χ1n) is 5.46. The van der Waals surface area contributed by atoms with Gasteiger partial charge in [-0.15, -0.1) is 11.3 Å². The molecule has 3 heteroatoms. The van der Waals surface area contributed by atoms with Crippen LogP contribution in [0.3, 0.4) is 0 Å². The Kier molecular flexibility index (Phi) is 3.59. The smallest absolute Gasteiger partial charge is 0.0697 e. The average molecular weight is 235 g/mol. The van der Waals surface area contributed by atoms with Crippen molar-refractivity contribution in [1.29, 1.82) is 0 Å². The Labute approximate surface area is 100 Å². The summed E-state index contributed by atoms with van der Waals surface area (Å²) in [5, 5.41) is 3.53. The van der Waals surface area contributed by atoms with Crippen molar-refractivity contribution in [2.24, 2.45) is 5.73 Å². The molecule has 0 bridgehead atoms. The second-order valence-corrected chi connectivity index (χ2v) is 4.98. The molecule has 0 fully saturated rings. The lowest BCUT2D eigenvalue weighted by Gasteiger charge is -2.17. The lowest BCUT2D eigenvalue weighted by Crippen LogP contribution is -2.35. The highest BCUT2D eigenvalue weighted by atomic mass is 32.1. The Balaban J connectivity index is 2.21. The van der Waals surface area contributed by atoms with Crippen LogP contribution in [0.25, 0.3) is 10.1 Å². The summed E-state index contributed by atoms with van der Waals surface area (Å²) in [4.78, 5) is 0. The number of ether oxygens (including phenoxy) is 1. The molecule has 2 rings (SSSR count). The van der Waals surface area contributed by atoms with Gasteiger partial charge in [-0.3, -0.25) is 0 Å². The van der Waals surface area contributed by atoms with E-state index in [-0.39, 0.29) is 12.1 Å². The van der Waals surface area contributed by atoms with Gasteiger partial charge in [0.15, 0.2) is 0 Å². The largest absolute Gasteiger partial charge is 0.380 e. The third-order valence-electron chi connectivity index (χ3n) is 2.99. The van der Waals surface area contributed by atoms with E-state index >= 15 is 0 Å². The molecular formula is C13H17NOS. The highest BCUT2D eigenvalue weighted by Crippen LogP contribution is 2.26. The van der Waals surface area contributed by atoms with Gasteiger partial charge in [0.1, 0.15) is 0 Å². The summed E-state index contributed by atoms with van der Waals surface area (Å²) in [6.45, 7) is 2.01. The number of hydrogen-bond donors (Lipinski definition) is 1. The Hall–Kier alpha value is -0.900. The summed E-state index contributed by atoms with van der Waals surface area (Å²) in [5.41, 5.74) is 7.42. The van der Waals surface area contributed by atoms with Gasteiger partial charge in [0.2, 0.25) is 0 Å². The highest BCUT2D eigenvalue weighted by molar-refractivity contribution is 7.17. The highest BCUT2D eigenvalue weighted by Gasteiger charge is 2.14. The van der Waals surface area contributed by atoms with Gasteiger partial charge in [-0.1, -0.05) is 18.2 Å². The maximum Gasteiger partial charge on any atom is 0.0697 e. The van der Waals surface area contributed by atoms with E-state index in [1.165, 1.54) is 15.6 Å². The molecule has 2 atom stereocenters. The molecule has 0 amide bonds. The van der Waals surface area contributed by atoms with Crippen LogP contribution in [0.5, 0.6) is 0 Å². The molecule has 2 unspecified atom stereocenters. The standard InChI is InChI=1S/C13H17NOS/c1-9(15-2)12(14)7-10-8-16-13-6-4-3-5-11(10)13/h3-6,8-9,12H,7,14H2,1-2H3. The van der Waals surface area contributed by atoms with E-state index < -0.39 is 0 Å². The molecule has 1 heterocycles. The molecule has 0 aliphatic rings. The van der Waals surface area contributed by atoms with Crippen LogP contribution in [0, 0.1) is 0 Å². The summed E-state index contributed by atoms with van der Waals surface area (Å²) in [6.07, 6.45) is 0.970. The van der Waals surface area contributed by atoms with Crippen molar-refractivity contribution in [3.8, 4) is 0 Å². The first-order chi connectivity index (χ1) is 7.72. The lowest BCUT2D eigenvalue weighted by molar-refractivity contribution is 0.0957. The zero-order valence-electron chi connectivity index (χ0n) is 9.64. The normalized spacial score (nSPS) is 15.2. The van der Waals surface area contributed by atoms with Gasteiger partial charge in [0, 0.05) is 17.9 Å². The fourth-order valence-corrected chi connectivity index (χ4v) is 2.76. The third-order valence-corrected chi connectivity index (χ3v) is 4.00. The molecule has 0 aliphatic carbocycles. The number of methoxy groups -OCH3 is 1.